The Labute approximate surface area is 159 Å². The van der Waals surface area contributed by atoms with E-state index in [9.17, 15) is 9.59 Å². The van der Waals surface area contributed by atoms with Crippen LogP contribution in [0.25, 0.3) is 10.9 Å². The number of benzene rings is 2. The van der Waals surface area contributed by atoms with E-state index in [2.05, 4.69) is 34.4 Å². The lowest BCUT2D eigenvalue weighted by molar-refractivity contribution is -0.117. The SMILES string of the molecule is Cc1[nH]c2ccccc2c1C(=O)C(=O)NCCCN(C)Cc1ccccc1. The third-order valence-electron chi connectivity index (χ3n) is 4.62. The molecule has 0 atom stereocenters. The van der Waals surface area contributed by atoms with Crippen molar-refractivity contribution in [1.29, 1.82) is 0 Å². The number of amides is 1. The Kier molecular flexibility index (Phi) is 6.04. The van der Waals surface area contributed by atoms with Crippen LogP contribution in [0.2, 0.25) is 0 Å². The van der Waals surface area contributed by atoms with Gasteiger partial charge in [0, 0.05) is 29.7 Å². The van der Waals surface area contributed by atoms with Crippen molar-refractivity contribution in [2.24, 2.45) is 0 Å². The summed E-state index contributed by atoms with van der Waals surface area (Å²) < 4.78 is 0. The highest BCUT2D eigenvalue weighted by atomic mass is 16.2. The van der Waals surface area contributed by atoms with Gasteiger partial charge in [0.2, 0.25) is 0 Å². The van der Waals surface area contributed by atoms with E-state index >= 15 is 0 Å². The van der Waals surface area contributed by atoms with Crippen LogP contribution in [0.3, 0.4) is 0 Å². The molecule has 0 saturated heterocycles. The van der Waals surface area contributed by atoms with E-state index in [1.54, 1.807) is 0 Å². The molecule has 5 nitrogen and oxygen atoms in total. The fourth-order valence-electron chi connectivity index (χ4n) is 3.29. The quantitative estimate of drug-likeness (QED) is 0.367. The molecule has 27 heavy (non-hydrogen) atoms. The van der Waals surface area contributed by atoms with E-state index in [1.807, 2.05) is 49.4 Å². The summed E-state index contributed by atoms with van der Waals surface area (Å²) in [6.07, 6.45) is 0.787. The molecule has 1 heterocycles. The number of nitrogens with zero attached hydrogens (tertiary/aromatic N) is 1. The summed E-state index contributed by atoms with van der Waals surface area (Å²) in [5.41, 5.74) is 3.31. The summed E-state index contributed by atoms with van der Waals surface area (Å²) in [7, 11) is 2.05. The smallest absolute Gasteiger partial charge is 0.292 e. The number of Topliss-reactive ketones (excluding diaryl/α,β-unsaturated/α-hetero) is 1. The number of aryl methyl sites for hydroxylation is 1. The molecule has 2 N–H and O–H groups in total. The van der Waals surface area contributed by atoms with E-state index in [0.29, 0.717) is 12.1 Å². The van der Waals surface area contributed by atoms with Crippen LogP contribution < -0.4 is 5.32 Å². The van der Waals surface area contributed by atoms with Crippen molar-refractivity contribution < 1.29 is 9.59 Å². The molecule has 0 aliphatic heterocycles. The fraction of sp³-hybridized carbons (Fsp3) is 0.273. The van der Waals surface area contributed by atoms with Crippen molar-refractivity contribution in [3.8, 4) is 0 Å². The van der Waals surface area contributed by atoms with Gasteiger partial charge in [-0.05, 0) is 38.6 Å². The number of aromatic amines is 1. The van der Waals surface area contributed by atoms with Gasteiger partial charge in [0.1, 0.15) is 0 Å². The first-order valence-electron chi connectivity index (χ1n) is 9.18. The molecule has 0 aliphatic rings. The van der Waals surface area contributed by atoms with Crippen LogP contribution in [-0.2, 0) is 11.3 Å². The summed E-state index contributed by atoms with van der Waals surface area (Å²) in [5.74, 6) is -1.03. The summed E-state index contributed by atoms with van der Waals surface area (Å²) in [6, 6.07) is 17.8. The number of aromatic nitrogens is 1. The second-order valence-corrected chi connectivity index (χ2v) is 6.83. The number of H-pyrrole nitrogens is 1. The van der Waals surface area contributed by atoms with Crippen molar-refractivity contribution in [1.82, 2.24) is 15.2 Å². The lowest BCUT2D eigenvalue weighted by Crippen LogP contribution is -2.33. The van der Waals surface area contributed by atoms with Crippen molar-refractivity contribution >= 4 is 22.6 Å². The molecule has 1 amide bonds. The Bertz CT molecular complexity index is 931. The molecular weight excluding hydrogens is 338 g/mol. The molecule has 0 spiro atoms. The number of nitrogens with one attached hydrogen (secondary N) is 2. The predicted molar refractivity (Wildman–Crippen MR) is 108 cm³/mol. The second-order valence-electron chi connectivity index (χ2n) is 6.83. The molecule has 0 fully saturated rings. The molecule has 0 aliphatic carbocycles. The van der Waals surface area contributed by atoms with E-state index in [-0.39, 0.29) is 0 Å². The second kappa shape index (κ2) is 8.64. The first-order chi connectivity index (χ1) is 13.1. The van der Waals surface area contributed by atoms with Crippen LogP contribution in [0.15, 0.2) is 54.6 Å². The van der Waals surface area contributed by atoms with E-state index < -0.39 is 11.7 Å². The van der Waals surface area contributed by atoms with Gasteiger partial charge in [-0.25, -0.2) is 0 Å². The lowest BCUT2D eigenvalue weighted by Gasteiger charge is -2.16. The molecule has 140 valence electrons. The van der Waals surface area contributed by atoms with Crippen molar-refractivity contribution in [2.45, 2.75) is 19.9 Å². The zero-order valence-electron chi connectivity index (χ0n) is 15.8. The first kappa shape index (κ1) is 18.9. The first-order valence-corrected chi connectivity index (χ1v) is 9.18. The predicted octanol–water partition coefficient (Wildman–Crippen LogP) is 3.30. The van der Waals surface area contributed by atoms with Crippen molar-refractivity contribution in [3.05, 3.63) is 71.4 Å². The molecule has 3 aromatic rings. The zero-order valence-corrected chi connectivity index (χ0v) is 15.8. The Morgan fingerprint density at radius 2 is 1.74 bits per heavy atom. The standard InChI is InChI=1S/C22H25N3O2/c1-16-20(18-11-6-7-12-19(18)24-16)21(26)22(27)23-13-8-14-25(2)15-17-9-4-3-5-10-17/h3-7,9-12,24H,8,13-15H2,1-2H3,(H,23,27). The minimum absolute atomic E-state index is 0.462. The number of para-hydroxylation sites is 1. The Morgan fingerprint density at radius 1 is 1.04 bits per heavy atom. The fourth-order valence-corrected chi connectivity index (χ4v) is 3.29. The minimum Gasteiger partial charge on any atom is -0.358 e. The maximum absolute atomic E-state index is 12.6. The third-order valence-corrected chi connectivity index (χ3v) is 4.62. The summed E-state index contributed by atoms with van der Waals surface area (Å²) >= 11 is 0. The average molecular weight is 363 g/mol. The average Bonchev–Trinajstić information content (AvgIpc) is 3.01. The van der Waals surface area contributed by atoms with Gasteiger partial charge in [-0.1, -0.05) is 48.5 Å². The molecule has 2 aromatic carbocycles. The molecule has 5 heteroatoms. The minimum atomic E-state index is -0.548. The van der Waals surface area contributed by atoms with Gasteiger partial charge in [-0.15, -0.1) is 0 Å². The Morgan fingerprint density at radius 3 is 2.52 bits per heavy atom. The molecule has 1 aromatic heterocycles. The third kappa shape index (κ3) is 4.63. The molecular formula is C22H25N3O2. The number of carbonyl (C=O) groups is 2. The van der Waals surface area contributed by atoms with E-state index in [1.165, 1.54) is 5.56 Å². The van der Waals surface area contributed by atoms with Crippen LogP contribution >= 0.6 is 0 Å². The van der Waals surface area contributed by atoms with Crippen molar-refractivity contribution in [3.63, 3.8) is 0 Å². The number of carbonyl (C=O) groups excluding carboxylic acids is 2. The van der Waals surface area contributed by atoms with Gasteiger partial charge in [0.15, 0.2) is 0 Å². The molecule has 0 saturated carbocycles. The Balaban J connectivity index is 1.49. The van der Waals surface area contributed by atoms with Crippen molar-refractivity contribution in [2.75, 3.05) is 20.1 Å². The number of fused-ring (bicyclic) bond motifs is 1. The lowest BCUT2D eigenvalue weighted by atomic mass is 10.1. The van der Waals surface area contributed by atoms with Gasteiger partial charge in [0.25, 0.3) is 11.7 Å². The molecule has 0 unspecified atom stereocenters. The largest absolute Gasteiger partial charge is 0.358 e. The van der Waals surface area contributed by atoms with Gasteiger partial charge in [-0.3, -0.25) is 9.59 Å². The number of rotatable bonds is 8. The van der Waals surface area contributed by atoms with Gasteiger partial charge in [0.05, 0.1) is 5.56 Å². The Hall–Kier alpha value is -2.92. The number of hydrogen-bond acceptors (Lipinski definition) is 3. The number of ketones is 1. The van der Waals surface area contributed by atoms with Gasteiger partial charge >= 0.3 is 0 Å². The highest BCUT2D eigenvalue weighted by Gasteiger charge is 2.22. The van der Waals surface area contributed by atoms with Gasteiger partial charge in [-0.2, -0.15) is 0 Å². The molecule has 3 rings (SSSR count). The highest BCUT2D eigenvalue weighted by Crippen LogP contribution is 2.22. The van der Waals surface area contributed by atoms with Crippen LogP contribution in [0, 0.1) is 6.92 Å². The normalized spacial score (nSPS) is 11.1. The summed E-state index contributed by atoms with van der Waals surface area (Å²) in [5, 5.41) is 3.54. The van der Waals surface area contributed by atoms with E-state index in [4.69, 9.17) is 0 Å². The monoisotopic (exact) mass is 363 g/mol. The molecule has 0 bridgehead atoms. The van der Waals surface area contributed by atoms with Crippen LogP contribution in [0.1, 0.15) is 28.0 Å². The number of hydrogen-bond donors (Lipinski definition) is 2. The topological polar surface area (TPSA) is 65.2 Å². The zero-order chi connectivity index (χ0) is 19.2. The summed E-state index contributed by atoms with van der Waals surface area (Å²) in [4.78, 5) is 30.2. The van der Waals surface area contributed by atoms with Crippen LogP contribution in [0.4, 0.5) is 0 Å². The molecule has 0 radical (unpaired) electrons. The van der Waals surface area contributed by atoms with E-state index in [0.717, 1.165) is 36.1 Å². The van der Waals surface area contributed by atoms with Crippen LogP contribution in [0.5, 0.6) is 0 Å². The van der Waals surface area contributed by atoms with Crippen LogP contribution in [-0.4, -0.2) is 41.7 Å². The summed E-state index contributed by atoms with van der Waals surface area (Å²) in [6.45, 7) is 4.00. The maximum Gasteiger partial charge on any atom is 0.292 e. The highest BCUT2D eigenvalue weighted by molar-refractivity contribution is 6.45. The maximum atomic E-state index is 12.6. The van der Waals surface area contributed by atoms with Gasteiger partial charge < -0.3 is 15.2 Å².